The summed E-state index contributed by atoms with van der Waals surface area (Å²) in [4.78, 5) is 2.61. The maximum absolute atomic E-state index is 5.70. The molecule has 1 aromatic carbocycles. The highest BCUT2D eigenvalue weighted by Gasteiger charge is 2.49. The third-order valence-electron chi connectivity index (χ3n) is 5.77. The summed E-state index contributed by atoms with van der Waals surface area (Å²) >= 11 is 0. The number of hydrogen-bond donors (Lipinski definition) is 0. The van der Waals surface area contributed by atoms with Crippen LogP contribution in [-0.2, 0) is 16.7 Å². The van der Waals surface area contributed by atoms with Crippen molar-refractivity contribution >= 4 is 0 Å². The molecule has 128 valence electrons. The van der Waals surface area contributed by atoms with E-state index in [1.54, 1.807) is 21.3 Å². The Morgan fingerprint density at radius 3 is 2.67 bits per heavy atom. The molecule has 3 aliphatic rings. The quantitative estimate of drug-likeness (QED) is 0.854. The van der Waals surface area contributed by atoms with Crippen molar-refractivity contribution in [3.63, 3.8) is 0 Å². The molecule has 0 N–H and O–H groups in total. The van der Waals surface area contributed by atoms with E-state index < -0.39 is 0 Å². The van der Waals surface area contributed by atoms with Gasteiger partial charge in [-0.3, -0.25) is 4.90 Å². The summed E-state index contributed by atoms with van der Waals surface area (Å²) in [6, 6.07) is 4.36. The van der Waals surface area contributed by atoms with E-state index >= 15 is 0 Å². The molecule has 2 aliphatic heterocycles. The maximum Gasteiger partial charge on any atom is 0.161 e. The van der Waals surface area contributed by atoms with Crippen LogP contribution < -0.4 is 9.47 Å². The summed E-state index contributed by atoms with van der Waals surface area (Å²) in [6.07, 6.45) is 10.1. The Bertz CT molecular complexity index is 709. The van der Waals surface area contributed by atoms with E-state index in [2.05, 4.69) is 35.3 Å². The highest BCUT2D eigenvalue weighted by Crippen LogP contribution is 2.51. The number of ether oxygens (including phenoxy) is 3. The molecular weight excluding hydrogens is 302 g/mol. The Morgan fingerprint density at radius 1 is 1.12 bits per heavy atom. The van der Waals surface area contributed by atoms with Crippen molar-refractivity contribution in [2.45, 2.75) is 30.9 Å². The van der Waals surface area contributed by atoms with Crippen molar-refractivity contribution in [1.29, 1.82) is 0 Å². The second-order valence-corrected chi connectivity index (χ2v) is 6.77. The molecule has 4 heteroatoms. The lowest BCUT2D eigenvalue weighted by Crippen LogP contribution is -2.47. The summed E-state index contributed by atoms with van der Waals surface area (Å²) in [5.41, 5.74) is 4.02. The fraction of sp³-hybridized carbons (Fsp3) is 0.500. The van der Waals surface area contributed by atoms with Gasteiger partial charge in [-0.2, -0.15) is 0 Å². The summed E-state index contributed by atoms with van der Waals surface area (Å²) in [5, 5.41) is 0. The van der Waals surface area contributed by atoms with Gasteiger partial charge < -0.3 is 14.2 Å². The monoisotopic (exact) mass is 327 g/mol. The van der Waals surface area contributed by atoms with E-state index in [1.807, 2.05) is 0 Å². The van der Waals surface area contributed by atoms with Crippen LogP contribution in [0.1, 0.15) is 24.0 Å². The van der Waals surface area contributed by atoms with Crippen LogP contribution in [0, 0.1) is 0 Å². The fourth-order valence-corrected chi connectivity index (χ4v) is 4.59. The highest BCUT2D eigenvalue weighted by atomic mass is 16.5. The molecule has 0 aromatic heterocycles. The number of nitrogens with zero attached hydrogens (tertiary/aromatic N) is 1. The predicted molar refractivity (Wildman–Crippen MR) is 93.8 cm³/mol. The molecule has 0 radical (unpaired) electrons. The van der Waals surface area contributed by atoms with Gasteiger partial charge in [0.05, 0.1) is 25.9 Å². The van der Waals surface area contributed by atoms with Gasteiger partial charge in [0, 0.05) is 20.1 Å². The fourth-order valence-electron chi connectivity index (χ4n) is 4.59. The second-order valence-electron chi connectivity index (χ2n) is 6.77. The third kappa shape index (κ3) is 2.13. The van der Waals surface area contributed by atoms with Crippen LogP contribution in [0.25, 0.3) is 0 Å². The van der Waals surface area contributed by atoms with E-state index in [-0.39, 0.29) is 11.6 Å². The molecule has 24 heavy (non-hydrogen) atoms. The molecule has 4 rings (SSSR count). The summed E-state index contributed by atoms with van der Waals surface area (Å²) in [5.74, 6) is 1.63. The van der Waals surface area contributed by atoms with Crippen molar-refractivity contribution in [2.75, 3.05) is 34.4 Å². The first-order chi connectivity index (χ1) is 11.7. The van der Waals surface area contributed by atoms with Crippen molar-refractivity contribution in [3.05, 3.63) is 47.1 Å². The molecule has 2 atom stereocenters. The van der Waals surface area contributed by atoms with Crippen LogP contribution in [0.5, 0.6) is 11.5 Å². The van der Waals surface area contributed by atoms with Crippen molar-refractivity contribution in [3.8, 4) is 11.5 Å². The topological polar surface area (TPSA) is 30.9 Å². The van der Waals surface area contributed by atoms with Gasteiger partial charge >= 0.3 is 0 Å². The molecule has 0 amide bonds. The molecule has 4 nitrogen and oxygen atoms in total. The zero-order chi connectivity index (χ0) is 16.7. The minimum atomic E-state index is -0.0964. The summed E-state index contributed by atoms with van der Waals surface area (Å²) < 4.78 is 16.9. The van der Waals surface area contributed by atoms with Gasteiger partial charge in [-0.15, -0.1) is 0 Å². The third-order valence-corrected chi connectivity index (χ3v) is 5.77. The van der Waals surface area contributed by atoms with Crippen molar-refractivity contribution in [1.82, 2.24) is 4.90 Å². The first kappa shape index (κ1) is 15.7. The molecule has 1 spiro atoms. The van der Waals surface area contributed by atoms with Crippen LogP contribution in [0.3, 0.4) is 0 Å². The standard InChI is InChI=1S/C20H25NO3/c1-22-16-7-6-15-8-10-21-9-4-5-14-11-18(23-2)19(24-3)12-17(14)20(15,21)13-16/h6-8,11-12,16H,4-5,9-10,13H2,1-3H3/t16-,20+/m1/s1. The van der Waals surface area contributed by atoms with E-state index in [1.165, 1.54) is 16.7 Å². The molecule has 0 saturated carbocycles. The van der Waals surface area contributed by atoms with Crippen LogP contribution in [-0.4, -0.2) is 45.4 Å². The van der Waals surface area contributed by atoms with Gasteiger partial charge in [-0.25, -0.2) is 0 Å². The van der Waals surface area contributed by atoms with E-state index in [9.17, 15) is 0 Å². The SMILES string of the molecule is COc1cc2c(cc1OC)[C@]13C[C@H](OC)C=CC1=CCN3CCC2. The zero-order valence-electron chi connectivity index (χ0n) is 14.7. The number of methoxy groups -OCH3 is 3. The van der Waals surface area contributed by atoms with E-state index in [0.717, 1.165) is 43.9 Å². The Labute approximate surface area is 143 Å². The molecule has 1 aromatic rings. The Balaban J connectivity index is 1.93. The van der Waals surface area contributed by atoms with Crippen LogP contribution in [0.4, 0.5) is 0 Å². The largest absolute Gasteiger partial charge is 0.493 e. The zero-order valence-corrected chi connectivity index (χ0v) is 14.7. The lowest BCUT2D eigenvalue weighted by atomic mass is 9.74. The molecular formula is C20H25NO3. The molecule has 1 aliphatic carbocycles. The second kappa shape index (κ2) is 5.94. The number of fused-ring (bicyclic) bond motifs is 1. The molecule has 0 saturated heterocycles. The number of benzene rings is 1. The lowest BCUT2D eigenvalue weighted by Gasteiger charge is -2.44. The van der Waals surface area contributed by atoms with E-state index in [4.69, 9.17) is 14.2 Å². The Kier molecular flexibility index (Phi) is 3.89. The van der Waals surface area contributed by atoms with Gasteiger partial charge in [0.25, 0.3) is 0 Å². The van der Waals surface area contributed by atoms with Gasteiger partial charge in [-0.05, 0) is 48.2 Å². The van der Waals surface area contributed by atoms with Crippen LogP contribution in [0.15, 0.2) is 35.9 Å². The molecule has 0 fully saturated rings. The Morgan fingerprint density at radius 2 is 1.92 bits per heavy atom. The average Bonchev–Trinajstić information content (AvgIpc) is 2.92. The van der Waals surface area contributed by atoms with Crippen LogP contribution >= 0.6 is 0 Å². The molecule has 0 bridgehead atoms. The van der Waals surface area contributed by atoms with Gasteiger partial charge in [-0.1, -0.05) is 18.2 Å². The van der Waals surface area contributed by atoms with E-state index in [0.29, 0.717) is 0 Å². The normalized spacial score (nSPS) is 28.5. The minimum absolute atomic E-state index is 0.0964. The number of aryl methyl sites for hydroxylation is 1. The van der Waals surface area contributed by atoms with Gasteiger partial charge in [0.2, 0.25) is 0 Å². The molecule has 0 unspecified atom stereocenters. The van der Waals surface area contributed by atoms with Gasteiger partial charge in [0.15, 0.2) is 11.5 Å². The lowest BCUT2D eigenvalue weighted by molar-refractivity contribution is 0.0587. The number of rotatable bonds is 3. The maximum atomic E-state index is 5.70. The summed E-state index contributed by atoms with van der Waals surface area (Å²) in [6.45, 7) is 2.10. The van der Waals surface area contributed by atoms with Gasteiger partial charge in [0.1, 0.15) is 0 Å². The minimum Gasteiger partial charge on any atom is -0.493 e. The summed E-state index contributed by atoms with van der Waals surface area (Å²) in [7, 11) is 5.21. The highest BCUT2D eigenvalue weighted by molar-refractivity contribution is 5.56. The van der Waals surface area contributed by atoms with Crippen molar-refractivity contribution < 1.29 is 14.2 Å². The first-order valence-electron chi connectivity index (χ1n) is 8.65. The molecule has 2 heterocycles. The smallest absolute Gasteiger partial charge is 0.161 e. The number of hydrogen-bond acceptors (Lipinski definition) is 4. The predicted octanol–water partition coefficient (Wildman–Crippen LogP) is 3.06. The first-order valence-corrected chi connectivity index (χ1v) is 8.65. The van der Waals surface area contributed by atoms with Crippen molar-refractivity contribution in [2.24, 2.45) is 0 Å². The Hall–Kier alpha value is -1.78. The average molecular weight is 327 g/mol. The van der Waals surface area contributed by atoms with Crippen LogP contribution in [0.2, 0.25) is 0 Å².